The van der Waals surface area contributed by atoms with E-state index in [1.54, 1.807) is 9.36 Å². The van der Waals surface area contributed by atoms with E-state index in [9.17, 15) is 0 Å². The predicted molar refractivity (Wildman–Crippen MR) is 101 cm³/mol. The second-order valence-corrected chi connectivity index (χ2v) is 6.95. The van der Waals surface area contributed by atoms with Gasteiger partial charge in [0.15, 0.2) is 11.4 Å². The first kappa shape index (κ1) is 17.2. The highest BCUT2D eigenvalue weighted by Crippen LogP contribution is 2.33. The minimum Gasteiger partial charge on any atom is -0.375 e. The molecular weight excluding hydrogens is 374 g/mol. The fourth-order valence-corrected chi connectivity index (χ4v) is 3.38. The van der Waals surface area contributed by atoms with Crippen molar-refractivity contribution in [3.8, 4) is 5.69 Å². The molecule has 0 unspecified atom stereocenters. The van der Waals surface area contributed by atoms with Gasteiger partial charge in [-0.2, -0.15) is 9.78 Å². The number of tetrazole rings is 1. The summed E-state index contributed by atoms with van der Waals surface area (Å²) in [7, 11) is 0. The molecule has 11 heteroatoms. The van der Waals surface area contributed by atoms with Gasteiger partial charge >= 0.3 is 0 Å². The molecule has 2 saturated heterocycles. The van der Waals surface area contributed by atoms with Crippen LogP contribution in [0.5, 0.6) is 0 Å². The van der Waals surface area contributed by atoms with Gasteiger partial charge in [-0.3, -0.25) is 5.43 Å². The number of ether oxygens (including phenoxy) is 2. The number of aromatic nitrogens is 4. The van der Waals surface area contributed by atoms with Crippen molar-refractivity contribution in [1.29, 1.82) is 0 Å². The lowest BCUT2D eigenvalue weighted by Crippen LogP contribution is -2.39. The maximum absolute atomic E-state index is 5.87. The van der Waals surface area contributed by atoms with E-state index in [2.05, 4.69) is 21.0 Å². The maximum Gasteiger partial charge on any atom is 0.221 e. The number of nitrogens with two attached hydrogens (primary N) is 1. The predicted octanol–water partition coefficient (Wildman–Crippen LogP) is 0.982. The number of benzene rings is 1. The summed E-state index contributed by atoms with van der Waals surface area (Å²) in [5.41, 5.74) is 10.7. The standard InChI is InChI=1S/C15H17N7O2S2/c1-8-2-4-9(5-3-8)21-15(26)22(20-19-21)11-6-10(17-18-14(16)25)13-23-7-12(11)24-13/h2-5,11-13H,6-7H2,1H3,(H3,16,18,25)/b17-10-/t11-,12+,13+/m1/s1. The lowest BCUT2D eigenvalue weighted by molar-refractivity contribution is -0.0324. The van der Waals surface area contributed by atoms with Crippen LogP contribution in [-0.4, -0.2) is 49.6 Å². The van der Waals surface area contributed by atoms with Gasteiger partial charge in [-0.25, -0.2) is 4.68 Å². The van der Waals surface area contributed by atoms with Crippen molar-refractivity contribution in [2.24, 2.45) is 10.8 Å². The second kappa shape index (κ2) is 6.83. The van der Waals surface area contributed by atoms with Crippen molar-refractivity contribution in [3.05, 3.63) is 34.6 Å². The van der Waals surface area contributed by atoms with E-state index in [1.165, 1.54) is 0 Å². The van der Waals surface area contributed by atoms with Crippen LogP contribution < -0.4 is 11.2 Å². The molecule has 3 atom stereocenters. The van der Waals surface area contributed by atoms with Gasteiger partial charge in [-0.1, -0.05) is 17.7 Å². The fourth-order valence-electron chi connectivity index (χ4n) is 3.02. The Labute approximate surface area is 159 Å². The number of fused-ring (bicyclic) bond motifs is 2. The van der Waals surface area contributed by atoms with Crippen molar-refractivity contribution in [3.63, 3.8) is 0 Å². The Bertz CT molecular complexity index is 921. The summed E-state index contributed by atoms with van der Waals surface area (Å²) >= 11 is 10.4. The first-order valence-electron chi connectivity index (χ1n) is 8.03. The Hall–Kier alpha value is -2.21. The third kappa shape index (κ3) is 3.14. The highest BCUT2D eigenvalue weighted by Gasteiger charge is 2.44. The van der Waals surface area contributed by atoms with Gasteiger partial charge < -0.3 is 15.2 Å². The molecule has 0 radical (unpaired) electrons. The molecule has 0 amide bonds. The minimum atomic E-state index is -0.501. The van der Waals surface area contributed by atoms with Crippen molar-refractivity contribution in [2.45, 2.75) is 31.8 Å². The molecule has 2 aliphatic rings. The zero-order valence-corrected chi connectivity index (χ0v) is 15.5. The lowest BCUT2D eigenvalue weighted by Gasteiger charge is -2.27. The van der Waals surface area contributed by atoms with Gasteiger partial charge in [-0.15, -0.1) is 0 Å². The normalized spacial score (nSPS) is 26.2. The van der Waals surface area contributed by atoms with Gasteiger partial charge in [0.2, 0.25) is 4.77 Å². The molecule has 0 aliphatic carbocycles. The van der Waals surface area contributed by atoms with Crippen molar-refractivity contribution in [2.75, 3.05) is 6.61 Å². The van der Waals surface area contributed by atoms with E-state index < -0.39 is 6.29 Å². The third-order valence-corrected chi connectivity index (χ3v) is 4.79. The summed E-state index contributed by atoms with van der Waals surface area (Å²) in [4.78, 5) is 0. The molecule has 3 heterocycles. The van der Waals surface area contributed by atoms with E-state index in [4.69, 9.17) is 39.6 Å². The summed E-state index contributed by atoms with van der Waals surface area (Å²) < 4.78 is 15.3. The summed E-state index contributed by atoms with van der Waals surface area (Å²) in [5.74, 6) is 0. The van der Waals surface area contributed by atoms with Gasteiger partial charge in [0.05, 0.1) is 24.0 Å². The lowest BCUT2D eigenvalue weighted by atomic mass is 10.0. The monoisotopic (exact) mass is 391 g/mol. The third-order valence-electron chi connectivity index (χ3n) is 4.34. The molecule has 0 saturated carbocycles. The number of hydrazone groups is 1. The Kier molecular flexibility index (Phi) is 4.53. The molecule has 2 aromatic rings. The molecular formula is C15H17N7O2S2. The van der Waals surface area contributed by atoms with Crippen molar-refractivity contribution in [1.82, 2.24) is 25.2 Å². The first-order chi connectivity index (χ1) is 12.5. The van der Waals surface area contributed by atoms with E-state index in [1.807, 2.05) is 31.2 Å². The molecule has 4 rings (SSSR count). The SMILES string of the molecule is Cc1ccc(-n2nnn([C@@H]3C/C(=N/NC(N)=S)[C@H]4OC[C@@H]3O4)c2=S)cc1. The molecule has 0 spiro atoms. The Morgan fingerprint density at radius 2 is 2.12 bits per heavy atom. The van der Waals surface area contributed by atoms with E-state index >= 15 is 0 Å². The quantitative estimate of drug-likeness (QED) is 0.589. The zero-order chi connectivity index (χ0) is 18.3. The highest BCUT2D eigenvalue weighted by molar-refractivity contribution is 7.80. The van der Waals surface area contributed by atoms with Crippen molar-refractivity contribution < 1.29 is 9.47 Å². The first-order valence-corrected chi connectivity index (χ1v) is 8.85. The van der Waals surface area contributed by atoms with E-state index in [-0.39, 0.29) is 17.3 Å². The van der Waals surface area contributed by atoms with Gasteiger partial charge in [0.1, 0.15) is 6.10 Å². The van der Waals surface area contributed by atoms with E-state index in [0.717, 1.165) is 11.3 Å². The van der Waals surface area contributed by atoms with Gasteiger partial charge in [-0.05, 0) is 53.9 Å². The Morgan fingerprint density at radius 3 is 2.85 bits per heavy atom. The number of hydrogen-bond acceptors (Lipinski definition) is 7. The number of nitrogens with one attached hydrogen (secondary N) is 1. The zero-order valence-electron chi connectivity index (χ0n) is 13.9. The molecule has 26 heavy (non-hydrogen) atoms. The molecule has 3 N–H and O–H groups in total. The average molecular weight is 391 g/mol. The van der Waals surface area contributed by atoms with Crippen LogP contribution in [0.1, 0.15) is 18.0 Å². The van der Waals surface area contributed by atoms with Crippen LogP contribution in [0.25, 0.3) is 5.69 Å². The molecule has 9 nitrogen and oxygen atoms in total. The van der Waals surface area contributed by atoms with Crippen LogP contribution in [-0.2, 0) is 9.47 Å². The summed E-state index contributed by atoms with van der Waals surface area (Å²) in [6.07, 6.45) is -0.121. The number of hydrogen-bond donors (Lipinski definition) is 2. The largest absolute Gasteiger partial charge is 0.375 e. The molecule has 2 bridgehead atoms. The molecule has 136 valence electrons. The minimum absolute atomic E-state index is 0.0797. The number of thiocarbonyl (C=S) groups is 1. The van der Waals surface area contributed by atoms with Crippen LogP contribution in [0.15, 0.2) is 29.4 Å². The van der Waals surface area contributed by atoms with Crippen molar-refractivity contribution >= 4 is 35.3 Å². The second-order valence-electron chi connectivity index (χ2n) is 6.14. The summed E-state index contributed by atoms with van der Waals surface area (Å²) in [5, 5.41) is 12.7. The van der Waals surface area contributed by atoms with E-state index in [0.29, 0.717) is 23.5 Å². The summed E-state index contributed by atoms with van der Waals surface area (Å²) in [6, 6.07) is 7.74. The van der Waals surface area contributed by atoms with Crippen LogP contribution in [0.3, 0.4) is 0 Å². The molecule has 1 aromatic carbocycles. The maximum atomic E-state index is 5.87. The smallest absolute Gasteiger partial charge is 0.221 e. The molecule has 2 aliphatic heterocycles. The number of rotatable bonds is 3. The molecule has 1 aromatic heterocycles. The Balaban J connectivity index is 1.65. The summed E-state index contributed by atoms with van der Waals surface area (Å²) in [6.45, 7) is 2.46. The van der Waals surface area contributed by atoms with Gasteiger partial charge in [0.25, 0.3) is 0 Å². The van der Waals surface area contributed by atoms with Crippen LogP contribution >= 0.6 is 24.4 Å². The number of nitrogens with zero attached hydrogens (tertiary/aromatic N) is 5. The van der Waals surface area contributed by atoms with Crippen LogP contribution in [0.2, 0.25) is 0 Å². The van der Waals surface area contributed by atoms with Gasteiger partial charge in [0, 0.05) is 6.42 Å². The van der Waals surface area contributed by atoms with Crippen LogP contribution in [0, 0.1) is 11.7 Å². The Morgan fingerprint density at radius 1 is 1.35 bits per heavy atom. The average Bonchev–Trinajstić information content (AvgIpc) is 3.20. The topological polar surface area (TPSA) is 105 Å². The number of aryl methyl sites for hydroxylation is 1. The fraction of sp³-hybridized carbons (Fsp3) is 0.400. The molecule has 2 fully saturated rings. The van der Waals surface area contributed by atoms with Crippen LogP contribution in [0.4, 0.5) is 0 Å². The highest BCUT2D eigenvalue weighted by atomic mass is 32.1.